The molecule has 0 aliphatic rings. The standard InChI is InChI=1S/C13H8BrFN2S/c14-5-8-7-18-11-6-16-13(17-12(8)11)9-3-1-2-4-10(9)15/h1-4,6-7H,5H2. The van der Waals surface area contributed by atoms with Crippen molar-refractivity contribution in [2.75, 3.05) is 0 Å². The molecule has 0 radical (unpaired) electrons. The molecule has 0 unspecified atom stereocenters. The lowest BCUT2D eigenvalue weighted by Gasteiger charge is -2.02. The first-order chi connectivity index (χ1) is 8.79. The summed E-state index contributed by atoms with van der Waals surface area (Å²) in [6.07, 6.45) is 1.75. The minimum absolute atomic E-state index is 0.299. The van der Waals surface area contributed by atoms with E-state index in [1.807, 2.05) is 5.38 Å². The van der Waals surface area contributed by atoms with E-state index in [-0.39, 0.29) is 5.82 Å². The molecule has 0 saturated heterocycles. The lowest BCUT2D eigenvalue weighted by atomic mass is 10.2. The quantitative estimate of drug-likeness (QED) is 0.654. The van der Waals surface area contributed by atoms with E-state index in [0.717, 1.165) is 21.1 Å². The molecule has 0 amide bonds. The largest absolute Gasteiger partial charge is 0.235 e. The van der Waals surface area contributed by atoms with Crippen LogP contribution in [0.3, 0.4) is 0 Å². The van der Waals surface area contributed by atoms with Gasteiger partial charge < -0.3 is 0 Å². The topological polar surface area (TPSA) is 25.8 Å². The van der Waals surface area contributed by atoms with Crippen molar-refractivity contribution in [3.05, 3.63) is 47.2 Å². The normalized spacial score (nSPS) is 11.0. The van der Waals surface area contributed by atoms with Gasteiger partial charge in [-0.2, -0.15) is 0 Å². The summed E-state index contributed by atoms with van der Waals surface area (Å²) >= 11 is 5.02. The van der Waals surface area contributed by atoms with Crippen LogP contribution in [0.1, 0.15) is 5.56 Å². The fourth-order valence-corrected chi connectivity index (χ4v) is 3.25. The van der Waals surface area contributed by atoms with Crippen LogP contribution >= 0.6 is 27.3 Å². The number of halogens is 2. The van der Waals surface area contributed by atoms with Crippen molar-refractivity contribution in [1.82, 2.24) is 9.97 Å². The molecule has 0 atom stereocenters. The van der Waals surface area contributed by atoms with E-state index in [9.17, 15) is 4.39 Å². The molecule has 2 heterocycles. The van der Waals surface area contributed by atoms with E-state index in [4.69, 9.17) is 0 Å². The Morgan fingerprint density at radius 3 is 2.89 bits per heavy atom. The first kappa shape index (κ1) is 11.7. The van der Waals surface area contributed by atoms with Crippen molar-refractivity contribution in [1.29, 1.82) is 0 Å². The van der Waals surface area contributed by atoms with Crippen LogP contribution in [0, 0.1) is 5.82 Å². The van der Waals surface area contributed by atoms with Crippen LogP contribution in [-0.4, -0.2) is 9.97 Å². The van der Waals surface area contributed by atoms with Crippen molar-refractivity contribution in [3.8, 4) is 11.4 Å². The minimum atomic E-state index is -0.299. The number of aromatic nitrogens is 2. The van der Waals surface area contributed by atoms with Crippen LogP contribution < -0.4 is 0 Å². The molecule has 3 aromatic rings. The van der Waals surface area contributed by atoms with Gasteiger partial charge in [0.05, 0.1) is 15.8 Å². The Hall–Kier alpha value is -1.33. The number of alkyl halides is 1. The molecule has 1 aromatic carbocycles. The van der Waals surface area contributed by atoms with Gasteiger partial charge >= 0.3 is 0 Å². The van der Waals surface area contributed by atoms with Crippen molar-refractivity contribution < 1.29 is 4.39 Å². The number of hydrogen-bond acceptors (Lipinski definition) is 3. The number of rotatable bonds is 2. The summed E-state index contributed by atoms with van der Waals surface area (Å²) in [6, 6.07) is 6.55. The molecule has 0 spiro atoms. The smallest absolute Gasteiger partial charge is 0.162 e. The second-order valence-corrected chi connectivity index (χ2v) is 5.25. The number of nitrogens with zero attached hydrogens (tertiary/aromatic N) is 2. The van der Waals surface area contributed by atoms with Gasteiger partial charge in [0.2, 0.25) is 0 Å². The lowest BCUT2D eigenvalue weighted by molar-refractivity contribution is 0.630. The average molecular weight is 323 g/mol. The predicted octanol–water partition coefficient (Wildman–Crippen LogP) is 4.39. The van der Waals surface area contributed by atoms with Crippen LogP contribution in [0.15, 0.2) is 35.8 Å². The zero-order valence-corrected chi connectivity index (χ0v) is 11.6. The van der Waals surface area contributed by atoms with Crippen molar-refractivity contribution in [3.63, 3.8) is 0 Å². The van der Waals surface area contributed by atoms with Gasteiger partial charge in [0.25, 0.3) is 0 Å². The SMILES string of the molecule is Fc1ccccc1-c1ncc2scc(CBr)c2n1. The summed E-state index contributed by atoms with van der Waals surface area (Å²) in [6.45, 7) is 0. The fraction of sp³-hybridized carbons (Fsp3) is 0.0769. The summed E-state index contributed by atoms with van der Waals surface area (Å²) in [4.78, 5) is 8.70. The Morgan fingerprint density at radius 2 is 2.11 bits per heavy atom. The molecular weight excluding hydrogens is 315 g/mol. The summed E-state index contributed by atoms with van der Waals surface area (Å²) in [5.74, 6) is 0.133. The van der Waals surface area contributed by atoms with Gasteiger partial charge in [-0.05, 0) is 23.1 Å². The van der Waals surface area contributed by atoms with Crippen molar-refractivity contribution in [2.24, 2.45) is 0 Å². The Labute approximate surface area is 116 Å². The zero-order chi connectivity index (χ0) is 12.5. The zero-order valence-electron chi connectivity index (χ0n) is 9.23. The summed E-state index contributed by atoms with van der Waals surface area (Å²) in [5, 5.41) is 2.78. The Morgan fingerprint density at radius 1 is 1.28 bits per heavy atom. The molecule has 2 nitrogen and oxygen atoms in total. The number of benzene rings is 1. The van der Waals surface area contributed by atoms with Gasteiger partial charge in [0, 0.05) is 11.5 Å². The molecule has 0 aliphatic carbocycles. The highest BCUT2D eigenvalue weighted by molar-refractivity contribution is 9.08. The van der Waals surface area contributed by atoms with E-state index < -0.39 is 0 Å². The maximum absolute atomic E-state index is 13.7. The van der Waals surface area contributed by atoms with Crippen LogP contribution in [-0.2, 0) is 5.33 Å². The fourth-order valence-electron chi connectivity index (χ4n) is 1.74. The van der Waals surface area contributed by atoms with E-state index in [1.54, 1.807) is 35.7 Å². The van der Waals surface area contributed by atoms with Gasteiger partial charge in [-0.1, -0.05) is 28.1 Å². The molecule has 2 aromatic heterocycles. The maximum Gasteiger partial charge on any atom is 0.162 e. The van der Waals surface area contributed by atoms with Gasteiger partial charge in [-0.3, -0.25) is 0 Å². The van der Waals surface area contributed by atoms with Crippen LogP contribution in [0.2, 0.25) is 0 Å². The highest BCUT2D eigenvalue weighted by atomic mass is 79.9. The summed E-state index contributed by atoms with van der Waals surface area (Å²) in [7, 11) is 0. The number of fused-ring (bicyclic) bond motifs is 1. The van der Waals surface area contributed by atoms with Crippen LogP contribution in [0.4, 0.5) is 4.39 Å². The monoisotopic (exact) mass is 322 g/mol. The number of thiophene rings is 1. The Balaban J connectivity index is 2.21. The molecule has 0 bridgehead atoms. The third kappa shape index (κ3) is 1.93. The molecule has 0 N–H and O–H groups in total. The van der Waals surface area contributed by atoms with Crippen molar-refractivity contribution >= 4 is 37.5 Å². The Bertz CT molecular complexity index is 711. The molecule has 3 rings (SSSR count). The third-order valence-electron chi connectivity index (χ3n) is 2.65. The second kappa shape index (κ2) is 4.74. The first-order valence-corrected chi connectivity index (χ1v) is 7.33. The maximum atomic E-state index is 13.7. The van der Waals surface area contributed by atoms with E-state index in [0.29, 0.717) is 11.4 Å². The second-order valence-electron chi connectivity index (χ2n) is 3.78. The van der Waals surface area contributed by atoms with Gasteiger partial charge in [0.1, 0.15) is 5.82 Å². The van der Waals surface area contributed by atoms with E-state index in [1.165, 1.54) is 6.07 Å². The van der Waals surface area contributed by atoms with Crippen molar-refractivity contribution in [2.45, 2.75) is 5.33 Å². The molecular formula is C13H8BrFN2S. The average Bonchev–Trinajstić information content (AvgIpc) is 2.81. The van der Waals surface area contributed by atoms with Crippen LogP contribution in [0.25, 0.3) is 21.6 Å². The number of hydrogen-bond donors (Lipinski definition) is 0. The van der Waals surface area contributed by atoms with Gasteiger partial charge in [-0.25, -0.2) is 14.4 Å². The van der Waals surface area contributed by atoms with Gasteiger partial charge in [-0.15, -0.1) is 11.3 Å². The molecule has 0 saturated carbocycles. The molecule has 90 valence electrons. The highest BCUT2D eigenvalue weighted by Gasteiger charge is 2.10. The predicted molar refractivity (Wildman–Crippen MR) is 75.4 cm³/mol. The van der Waals surface area contributed by atoms with Gasteiger partial charge in [0.15, 0.2) is 5.82 Å². The van der Waals surface area contributed by atoms with E-state index in [2.05, 4.69) is 25.9 Å². The summed E-state index contributed by atoms with van der Waals surface area (Å²) < 4.78 is 14.7. The van der Waals surface area contributed by atoms with Crippen LogP contribution in [0.5, 0.6) is 0 Å². The highest BCUT2D eigenvalue weighted by Crippen LogP contribution is 2.28. The first-order valence-electron chi connectivity index (χ1n) is 5.33. The molecule has 0 aliphatic heterocycles. The summed E-state index contributed by atoms with van der Waals surface area (Å²) in [5.41, 5.74) is 2.44. The Kier molecular flexibility index (Phi) is 3.09. The lowest BCUT2D eigenvalue weighted by Crippen LogP contribution is -1.92. The molecule has 5 heteroatoms. The third-order valence-corrected chi connectivity index (χ3v) is 4.21. The molecule has 0 fully saturated rings. The van der Waals surface area contributed by atoms with E-state index >= 15 is 0 Å². The minimum Gasteiger partial charge on any atom is -0.235 e. The molecule has 18 heavy (non-hydrogen) atoms.